The quantitative estimate of drug-likeness (QED) is 0.898. The van der Waals surface area contributed by atoms with E-state index in [-0.39, 0.29) is 24.5 Å². The molecule has 0 saturated carbocycles. The molecule has 7 nitrogen and oxygen atoms in total. The molecule has 0 aliphatic carbocycles. The average Bonchev–Trinajstić information content (AvgIpc) is 3.08. The number of benzene rings is 1. The molecular formula is C13H12F3N5O2. The van der Waals surface area contributed by atoms with Gasteiger partial charge in [0.05, 0.1) is 18.7 Å². The summed E-state index contributed by atoms with van der Waals surface area (Å²) in [6.45, 7) is -0.616. The Balaban J connectivity index is 1.87. The predicted octanol–water partition coefficient (Wildman–Crippen LogP) is 1.27. The van der Waals surface area contributed by atoms with E-state index in [0.29, 0.717) is 5.56 Å². The maximum atomic E-state index is 12.8. The number of rotatable bonds is 2. The monoisotopic (exact) mass is 327 g/mol. The number of carbonyl (C=O) groups excluding carboxylic acids is 1. The number of morpholine rings is 1. The second kappa shape index (κ2) is 5.95. The third-order valence-electron chi connectivity index (χ3n) is 3.46. The summed E-state index contributed by atoms with van der Waals surface area (Å²) in [5.41, 5.74) is 0.623. The largest absolute Gasteiger partial charge is 0.416 e. The summed E-state index contributed by atoms with van der Waals surface area (Å²) >= 11 is 0. The highest BCUT2D eigenvalue weighted by molar-refractivity contribution is 6.00. The van der Waals surface area contributed by atoms with Crippen LogP contribution < -0.4 is 0 Å². The zero-order valence-corrected chi connectivity index (χ0v) is 11.7. The Hall–Kier alpha value is -2.49. The first-order valence-corrected chi connectivity index (χ1v) is 6.77. The van der Waals surface area contributed by atoms with Crippen molar-refractivity contribution in [2.24, 2.45) is 0 Å². The van der Waals surface area contributed by atoms with Crippen LogP contribution in [0.25, 0.3) is 11.4 Å². The molecule has 122 valence electrons. The summed E-state index contributed by atoms with van der Waals surface area (Å²) in [5.74, 6) is -0.322. The van der Waals surface area contributed by atoms with E-state index in [9.17, 15) is 18.0 Å². The van der Waals surface area contributed by atoms with Crippen LogP contribution >= 0.6 is 0 Å². The molecule has 23 heavy (non-hydrogen) atoms. The number of carbonyl (C=O) groups is 1. The summed E-state index contributed by atoms with van der Waals surface area (Å²) in [5, 5.41) is 13.3. The maximum absolute atomic E-state index is 12.8. The lowest BCUT2D eigenvalue weighted by molar-refractivity contribution is -0.233. The molecule has 3 rings (SSSR count). The van der Waals surface area contributed by atoms with Gasteiger partial charge in [0.15, 0.2) is 6.10 Å². The number of aromatic amines is 1. The number of hydrogen-bond acceptors (Lipinski definition) is 5. The van der Waals surface area contributed by atoms with E-state index < -0.39 is 24.7 Å². The summed E-state index contributed by atoms with van der Waals surface area (Å²) in [6, 6.07) is 6.44. The first kappa shape index (κ1) is 15.4. The Morgan fingerprint density at radius 3 is 2.83 bits per heavy atom. The van der Waals surface area contributed by atoms with Gasteiger partial charge in [-0.3, -0.25) is 4.79 Å². The van der Waals surface area contributed by atoms with Crippen molar-refractivity contribution in [3.05, 3.63) is 29.8 Å². The number of aromatic nitrogens is 4. The lowest BCUT2D eigenvalue weighted by Gasteiger charge is -2.34. The highest BCUT2D eigenvalue weighted by atomic mass is 19.4. The van der Waals surface area contributed by atoms with Gasteiger partial charge in [-0.25, -0.2) is 0 Å². The van der Waals surface area contributed by atoms with Crippen LogP contribution in [0, 0.1) is 0 Å². The number of halogens is 3. The van der Waals surface area contributed by atoms with Crippen molar-refractivity contribution < 1.29 is 22.7 Å². The average molecular weight is 327 g/mol. The van der Waals surface area contributed by atoms with Crippen LogP contribution in [0.3, 0.4) is 0 Å². The Labute approximate surface area is 128 Å². The molecule has 1 N–H and O–H groups in total. The van der Waals surface area contributed by atoms with Gasteiger partial charge < -0.3 is 9.64 Å². The van der Waals surface area contributed by atoms with E-state index in [0.717, 1.165) is 4.90 Å². The topological polar surface area (TPSA) is 84.0 Å². The van der Waals surface area contributed by atoms with Crippen LogP contribution in [-0.2, 0) is 4.74 Å². The van der Waals surface area contributed by atoms with Crippen LogP contribution in [0.4, 0.5) is 13.2 Å². The summed E-state index contributed by atoms with van der Waals surface area (Å²) in [7, 11) is 0. The molecule has 0 unspecified atom stereocenters. The number of tetrazole rings is 1. The molecule has 1 aromatic heterocycles. The van der Waals surface area contributed by atoms with Crippen molar-refractivity contribution in [3.63, 3.8) is 0 Å². The van der Waals surface area contributed by atoms with Crippen LogP contribution in [-0.4, -0.2) is 63.4 Å². The van der Waals surface area contributed by atoms with E-state index in [4.69, 9.17) is 4.74 Å². The number of hydrogen-bond donors (Lipinski definition) is 1. The molecular weight excluding hydrogens is 315 g/mol. The van der Waals surface area contributed by atoms with Crippen LogP contribution in [0.5, 0.6) is 0 Å². The van der Waals surface area contributed by atoms with Crippen molar-refractivity contribution >= 4 is 5.91 Å². The van der Waals surface area contributed by atoms with Crippen molar-refractivity contribution in [2.75, 3.05) is 19.7 Å². The van der Waals surface area contributed by atoms with E-state index in [2.05, 4.69) is 20.6 Å². The van der Waals surface area contributed by atoms with Crippen molar-refractivity contribution in [2.45, 2.75) is 12.3 Å². The fraction of sp³-hybridized carbons (Fsp3) is 0.385. The van der Waals surface area contributed by atoms with Gasteiger partial charge in [-0.1, -0.05) is 18.2 Å². The molecule has 10 heteroatoms. The van der Waals surface area contributed by atoms with Gasteiger partial charge in [0.1, 0.15) is 0 Å². The summed E-state index contributed by atoms with van der Waals surface area (Å²) < 4.78 is 43.1. The maximum Gasteiger partial charge on any atom is 0.416 e. The zero-order chi connectivity index (χ0) is 16.4. The van der Waals surface area contributed by atoms with Crippen LogP contribution in [0.2, 0.25) is 0 Å². The lowest BCUT2D eigenvalue weighted by Crippen LogP contribution is -2.51. The Kier molecular flexibility index (Phi) is 3.99. The molecule has 1 aromatic carbocycles. The van der Waals surface area contributed by atoms with Gasteiger partial charge >= 0.3 is 6.18 Å². The third kappa shape index (κ3) is 3.16. The fourth-order valence-corrected chi connectivity index (χ4v) is 2.34. The second-order valence-electron chi connectivity index (χ2n) is 4.93. The van der Waals surface area contributed by atoms with Gasteiger partial charge in [0, 0.05) is 12.1 Å². The van der Waals surface area contributed by atoms with E-state index >= 15 is 0 Å². The summed E-state index contributed by atoms with van der Waals surface area (Å²) in [6.07, 6.45) is -6.48. The van der Waals surface area contributed by atoms with Crippen molar-refractivity contribution in [1.29, 1.82) is 0 Å². The molecule has 1 saturated heterocycles. The van der Waals surface area contributed by atoms with Gasteiger partial charge in [0.25, 0.3) is 5.91 Å². The highest BCUT2D eigenvalue weighted by Crippen LogP contribution is 2.27. The Bertz CT molecular complexity index is 689. The minimum atomic E-state index is -4.51. The number of ether oxygens (including phenoxy) is 1. The van der Waals surface area contributed by atoms with Crippen LogP contribution in [0.1, 0.15) is 10.4 Å². The zero-order valence-electron chi connectivity index (χ0n) is 11.7. The lowest BCUT2D eigenvalue weighted by atomic mass is 10.1. The number of alkyl halides is 3. The molecule has 2 aromatic rings. The minimum absolute atomic E-state index is 0.0893. The molecule has 0 spiro atoms. The number of nitrogens with one attached hydrogen (secondary N) is 1. The first-order valence-electron chi connectivity index (χ1n) is 6.77. The SMILES string of the molecule is O=C(c1ccccc1-c1nn[nH]n1)N1CCO[C@@H](C(F)(F)F)C1. The standard InChI is InChI=1S/C13H12F3N5O2/c14-13(15,16)10-7-21(5-6-23-10)12(22)9-4-2-1-3-8(9)11-17-19-20-18-11/h1-4,10H,5-7H2,(H,17,18,19,20)/t10-/m1/s1. The first-order chi connectivity index (χ1) is 11.0. The number of H-pyrrole nitrogens is 1. The van der Waals surface area contributed by atoms with Crippen molar-refractivity contribution in [1.82, 2.24) is 25.5 Å². The van der Waals surface area contributed by atoms with Gasteiger partial charge in [-0.05, 0) is 11.3 Å². The predicted molar refractivity (Wildman–Crippen MR) is 71.3 cm³/mol. The highest BCUT2D eigenvalue weighted by Gasteiger charge is 2.44. The van der Waals surface area contributed by atoms with Crippen molar-refractivity contribution in [3.8, 4) is 11.4 Å². The summed E-state index contributed by atoms with van der Waals surface area (Å²) in [4.78, 5) is 13.7. The number of amides is 1. The molecule has 2 heterocycles. The normalized spacial score (nSPS) is 18.9. The number of nitrogens with zero attached hydrogens (tertiary/aromatic N) is 4. The second-order valence-corrected chi connectivity index (χ2v) is 4.93. The third-order valence-corrected chi connectivity index (χ3v) is 3.46. The molecule has 1 aliphatic heterocycles. The van der Waals surface area contributed by atoms with Crippen LogP contribution in [0.15, 0.2) is 24.3 Å². The molecule has 0 bridgehead atoms. The Morgan fingerprint density at radius 2 is 2.13 bits per heavy atom. The van der Waals surface area contributed by atoms with Gasteiger partial charge in [0.2, 0.25) is 5.82 Å². The molecule has 1 aliphatic rings. The fourth-order valence-electron chi connectivity index (χ4n) is 2.34. The molecule has 1 amide bonds. The minimum Gasteiger partial charge on any atom is -0.365 e. The van der Waals surface area contributed by atoms with E-state index in [1.54, 1.807) is 18.2 Å². The van der Waals surface area contributed by atoms with Gasteiger partial charge in [-0.15, -0.1) is 10.2 Å². The van der Waals surface area contributed by atoms with Gasteiger partial charge in [-0.2, -0.15) is 18.4 Å². The molecule has 1 fully saturated rings. The molecule has 0 radical (unpaired) electrons. The smallest absolute Gasteiger partial charge is 0.365 e. The molecule has 1 atom stereocenters. The van der Waals surface area contributed by atoms with E-state index in [1.165, 1.54) is 6.07 Å². The van der Waals surface area contributed by atoms with E-state index in [1.807, 2.05) is 0 Å². The Morgan fingerprint density at radius 1 is 1.35 bits per heavy atom.